The molecule has 0 N–H and O–H groups in total. The van der Waals surface area contributed by atoms with Crippen molar-refractivity contribution in [3.63, 3.8) is 0 Å². The lowest BCUT2D eigenvalue weighted by molar-refractivity contribution is 0.414. The van der Waals surface area contributed by atoms with E-state index >= 15 is 0 Å². The molecule has 0 saturated carbocycles. The van der Waals surface area contributed by atoms with Gasteiger partial charge in [-0.15, -0.1) is 0 Å². The first-order valence-corrected chi connectivity index (χ1v) is 12.8. The summed E-state index contributed by atoms with van der Waals surface area (Å²) < 4.78 is 10.6. The number of hydrogen-bond donors (Lipinski definition) is 0. The lowest BCUT2D eigenvalue weighted by atomic mass is 10.0. The minimum atomic E-state index is 0.869. The molecule has 35 heavy (non-hydrogen) atoms. The predicted molar refractivity (Wildman–Crippen MR) is 152 cm³/mol. The van der Waals surface area contributed by atoms with Crippen LogP contribution in [-0.2, 0) is 0 Å². The van der Waals surface area contributed by atoms with Crippen LogP contribution in [0.25, 0.3) is 23.3 Å². The van der Waals surface area contributed by atoms with E-state index in [2.05, 4.69) is 97.1 Å². The smallest absolute Gasteiger partial charge is 0.118 e. The summed E-state index contributed by atoms with van der Waals surface area (Å²) in [6.07, 6.45) is 4.55. The lowest BCUT2D eigenvalue weighted by Crippen LogP contribution is -1.94. The Kier molecular flexibility index (Phi) is 8.85. The first-order valence-electron chi connectivity index (χ1n) is 11.6. The average molecular weight is 479 g/mol. The van der Waals surface area contributed by atoms with Crippen molar-refractivity contribution in [2.45, 2.75) is 0 Å². The maximum atomic E-state index is 5.32. The van der Waals surface area contributed by atoms with Crippen LogP contribution >= 0.6 is 11.8 Å². The van der Waals surface area contributed by atoms with Crippen LogP contribution in [0.15, 0.2) is 109 Å². The van der Waals surface area contributed by atoms with Crippen molar-refractivity contribution in [3.05, 3.63) is 131 Å². The molecule has 4 rings (SSSR count). The maximum Gasteiger partial charge on any atom is 0.118 e. The Morgan fingerprint density at radius 3 is 1.26 bits per heavy atom. The van der Waals surface area contributed by atoms with Crippen LogP contribution < -0.4 is 9.47 Å². The summed E-state index contributed by atoms with van der Waals surface area (Å²) in [5, 5.41) is 0. The Hall–Kier alpha value is -3.69. The van der Waals surface area contributed by atoms with E-state index in [-0.39, 0.29) is 0 Å². The molecule has 0 saturated heterocycles. The zero-order chi connectivity index (χ0) is 24.3. The van der Waals surface area contributed by atoms with Gasteiger partial charge in [-0.05, 0) is 57.7 Å². The van der Waals surface area contributed by atoms with Crippen molar-refractivity contribution in [3.8, 4) is 11.5 Å². The van der Waals surface area contributed by atoms with Crippen LogP contribution in [0.2, 0.25) is 0 Å². The highest BCUT2D eigenvalue weighted by Gasteiger charge is 2.07. The SMILES string of the molecule is COc1ccc(C=C(CSCC(=Cc2ccc(OC)cc2)c2ccccc2)c2ccccc2)cc1. The van der Waals surface area contributed by atoms with Crippen molar-refractivity contribution >= 4 is 35.1 Å². The Morgan fingerprint density at radius 2 is 0.914 bits per heavy atom. The van der Waals surface area contributed by atoms with Gasteiger partial charge >= 0.3 is 0 Å². The molecule has 0 amide bonds. The van der Waals surface area contributed by atoms with Gasteiger partial charge in [0, 0.05) is 11.5 Å². The van der Waals surface area contributed by atoms with E-state index in [1.165, 1.54) is 33.4 Å². The first-order chi connectivity index (χ1) is 17.2. The van der Waals surface area contributed by atoms with Crippen molar-refractivity contribution in [1.82, 2.24) is 0 Å². The molecule has 2 nitrogen and oxygen atoms in total. The third kappa shape index (κ3) is 7.14. The largest absolute Gasteiger partial charge is 0.497 e. The summed E-state index contributed by atoms with van der Waals surface area (Å²) in [6.45, 7) is 0. The molecule has 176 valence electrons. The van der Waals surface area contributed by atoms with E-state index in [1.807, 2.05) is 36.0 Å². The molecule has 0 atom stereocenters. The molecule has 4 aromatic carbocycles. The van der Waals surface area contributed by atoms with Crippen LogP contribution in [0.4, 0.5) is 0 Å². The van der Waals surface area contributed by atoms with Gasteiger partial charge in [-0.2, -0.15) is 11.8 Å². The Bertz CT molecular complexity index is 1140. The van der Waals surface area contributed by atoms with Crippen molar-refractivity contribution < 1.29 is 9.47 Å². The normalized spacial score (nSPS) is 11.8. The van der Waals surface area contributed by atoms with Crippen LogP contribution in [0.3, 0.4) is 0 Å². The molecule has 0 aliphatic heterocycles. The van der Waals surface area contributed by atoms with E-state index in [0.29, 0.717) is 0 Å². The fraction of sp³-hybridized carbons (Fsp3) is 0.125. The van der Waals surface area contributed by atoms with E-state index in [1.54, 1.807) is 14.2 Å². The molecule has 3 heteroatoms. The fourth-order valence-electron chi connectivity index (χ4n) is 3.79. The van der Waals surface area contributed by atoms with Crippen molar-refractivity contribution in [2.24, 2.45) is 0 Å². The van der Waals surface area contributed by atoms with Crippen LogP contribution in [0.1, 0.15) is 22.3 Å². The van der Waals surface area contributed by atoms with Crippen LogP contribution in [0.5, 0.6) is 11.5 Å². The van der Waals surface area contributed by atoms with Gasteiger partial charge in [-0.1, -0.05) is 97.1 Å². The summed E-state index contributed by atoms with van der Waals surface area (Å²) in [5.41, 5.74) is 7.44. The molecule has 0 aliphatic carbocycles. The summed E-state index contributed by atoms with van der Waals surface area (Å²) in [4.78, 5) is 0. The van der Waals surface area contributed by atoms with Crippen molar-refractivity contribution in [2.75, 3.05) is 25.7 Å². The highest BCUT2D eigenvalue weighted by Crippen LogP contribution is 2.28. The Labute approximate surface area is 212 Å². The highest BCUT2D eigenvalue weighted by atomic mass is 32.2. The number of ether oxygens (including phenoxy) is 2. The molecule has 0 spiro atoms. The van der Waals surface area contributed by atoms with Gasteiger partial charge in [-0.25, -0.2) is 0 Å². The summed E-state index contributed by atoms with van der Waals surface area (Å²) in [7, 11) is 3.39. The average Bonchev–Trinajstić information content (AvgIpc) is 2.93. The van der Waals surface area contributed by atoms with Gasteiger partial charge in [0.15, 0.2) is 0 Å². The molecular weight excluding hydrogens is 448 g/mol. The third-order valence-electron chi connectivity index (χ3n) is 5.72. The summed E-state index contributed by atoms with van der Waals surface area (Å²) in [5.74, 6) is 3.55. The molecule has 0 aliphatic rings. The lowest BCUT2D eigenvalue weighted by Gasteiger charge is -2.12. The first kappa shape index (κ1) is 24.4. The molecule has 0 heterocycles. The molecule has 0 unspecified atom stereocenters. The van der Waals surface area contributed by atoms with E-state index < -0.39 is 0 Å². The second-order valence-corrected chi connectivity index (χ2v) is 9.10. The van der Waals surface area contributed by atoms with E-state index in [0.717, 1.165) is 23.0 Å². The second kappa shape index (κ2) is 12.7. The molecular formula is C32H30O2S. The topological polar surface area (TPSA) is 18.5 Å². The van der Waals surface area contributed by atoms with Gasteiger partial charge in [0.25, 0.3) is 0 Å². The van der Waals surface area contributed by atoms with E-state index in [4.69, 9.17) is 9.47 Å². The minimum Gasteiger partial charge on any atom is -0.497 e. The number of hydrogen-bond acceptors (Lipinski definition) is 3. The zero-order valence-corrected chi connectivity index (χ0v) is 21.0. The fourth-order valence-corrected chi connectivity index (χ4v) is 4.84. The number of thioether (sulfide) groups is 1. The second-order valence-electron chi connectivity index (χ2n) is 8.11. The summed E-state index contributed by atoms with van der Waals surface area (Å²) in [6, 6.07) is 37.7. The number of benzene rings is 4. The predicted octanol–water partition coefficient (Wildman–Crippen LogP) is 8.22. The minimum absolute atomic E-state index is 0.869. The number of methoxy groups -OCH3 is 2. The van der Waals surface area contributed by atoms with Gasteiger partial charge in [0.05, 0.1) is 14.2 Å². The van der Waals surface area contributed by atoms with Crippen LogP contribution in [0, 0.1) is 0 Å². The molecule has 0 aromatic heterocycles. The standard InChI is InChI=1S/C32H30O2S/c1-33-31-17-13-25(14-18-31)21-29(27-9-5-3-6-10-27)23-35-24-30(28-11-7-4-8-12-28)22-26-15-19-32(34-2)20-16-26/h3-22H,23-24H2,1-2H3. The van der Waals surface area contributed by atoms with Crippen molar-refractivity contribution in [1.29, 1.82) is 0 Å². The zero-order valence-electron chi connectivity index (χ0n) is 20.2. The van der Waals surface area contributed by atoms with E-state index in [9.17, 15) is 0 Å². The number of rotatable bonds is 10. The Balaban J connectivity index is 1.56. The quantitative estimate of drug-likeness (QED) is 0.214. The van der Waals surface area contributed by atoms with Crippen LogP contribution in [-0.4, -0.2) is 25.7 Å². The van der Waals surface area contributed by atoms with Gasteiger partial charge in [0.2, 0.25) is 0 Å². The summed E-state index contributed by atoms with van der Waals surface area (Å²) >= 11 is 1.93. The molecule has 0 fully saturated rings. The third-order valence-corrected chi connectivity index (χ3v) is 6.75. The molecule has 0 bridgehead atoms. The Morgan fingerprint density at radius 1 is 0.543 bits per heavy atom. The molecule has 0 radical (unpaired) electrons. The maximum absolute atomic E-state index is 5.32. The van der Waals surface area contributed by atoms with Gasteiger partial charge in [-0.3, -0.25) is 0 Å². The highest BCUT2D eigenvalue weighted by molar-refractivity contribution is 8.00. The monoisotopic (exact) mass is 478 g/mol. The van der Waals surface area contributed by atoms with Gasteiger partial charge in [0.1, 0.15) is 11.5 Å². The molecule has 4 aromatic rings. The van der Waals surface area contributed by atoms with Gasteiger partial charge < -0.3 is 9.47 Å².